The topological polar surface area (TPSA) is 66.5 Å². The minimum atomic E-state index is -0.270. The van der Waals surface area contributed by atoms with Gasteiger partial charge >= 0.3 is 0 Å². The Balaban J connectivity index is 1.43. The number of aryl methyl sites for hydroxylation is 1. The molecule has 1 aliphatic heterocycles. The first-order valence-corrected chi connectivity index (χ1v) is 8.47. The van der Waals surface area contributed by atoms with E-state index in [-0.39, 0.29) is 36.1 Å². The van der Waals surface area contributed by atoms with Crippen LogP contribution in [-0.4, -0.2) is 35.7 Å². The van der Waals surface area contributed by atoms with E-state index in [1.54, 1.807) is 0 Å². The largest absolute Gasteiger partial charge is 0.355 e. The van der Waals surface area contributed by atoms with Crippen LogP contribution in [0.25, 0.3) is 0 Å². The van der Waals surface area contributed by atoms with E-state index >= 15 is 0 Å². The number of nitrogens with one attached hydrogen (secondary N) is 1. The molecule has 0 spiro atoms. The molecular formula is C19H22N2O3. The fourth-order valence-corrected chi connectivity index (χ4v) is 3.39. The normalized spacial score (nSPS) is 22.6. The van der Waals surface area contributed by atoms with Gasteiger partial charge in [-0.25, -0.2) is 0 Å². The molecule has 2 atom stereocenters. The number of fused-ring (bicyclic) bond motifs is 1. The molecule has 1 N–H and O–H groups in total. The van der Waals surface area contributed by atoms with Crippen LogP contribution in [0.4, 0.5) is 0 Å². The summed E-state index contributed by atoms with van der Waals surface area (Å²) in [6.45, 7) is 0.383. The van der Waals surface area contributed by atoms with Crippen LogP contribution in [0.2, 0.25) is 0 Å². The number of hydrogen-bond donors (Lipinski definition) is 1. The fraction of sp³-hybridized carbons (Fsp3) is 0.421. The summed E-state index contributed by atoms with van der Waals surface area (Å²) >= 11 is 0. The number of carbonyl (C=O) groups is 3. The highest BCUT2D eigenvalue weighted by atomic mass is 16.2. The zero-order valence-corrected chi connectivity index (χ0v) is 13.6. The molecule has 2 unspecified atom stereocenters. The standard InChI is InChI=1S/C19H22N2O3/c22-17(20-12-6-9-14-7-2-1-3-8-14)13-21-18(23)15-10-4-5-11-16(15)19(21)24/h1-5,7-8,15-16H,6,9-13H2,(H,20,22). The van der Waals surface area contributed by atoms with Crippen molar-refractivity contribution in [3.8, 4) is 0 Å². The molecule has 1 fully saturated rings. The van der Waals surface area contributed by atoms with Crippen molar-refractivity contribution in [3.05, 3.63) is 48.0 Å². The van der Waals surface area contributed by atoms with Crippen LogP contribution >= 0.6 is 0 Å². The molecule has 1 saturated heterocycles. The number of likely N-dealkylation sites (tertiary alicyclic amines) is 1. The van der Waals surface area contributed by atoms with Crippen LogP contribution in [0, 0.1) is 11.8 Å². The molecule has 1 aliphatic carbocycles. The van der Waals surface area contributed by atoms with Gasteiger partial charge in [0.15, 0.2) is 0 Å². The van der Waals surface area contributed by atoms with Crippen LogP contribution in [0.15, 0.2) is 42.5 Å². The maximum absolute atomic E-state index is 12.3. The molecule has 0 bridgehead atoms. The lowest BCUT2D eigenvalue weighted by Crippen LogP contribution is -2.41. The van der Waals surface area contributed by atoms with Gasteiger partial charge in [0, 0.05) is 6.54 Å². The molecule has 0 saturated carbocycles. The molecule has 3 rings (SSSR count). The van der Waals surface area contributed by atoms with Crippen LogP contribution in [0.5, 0.6) is 0 Å². The van der Waals surface area contributed by atoms with Crippen LogP contribution in [0.1, 0.15) is 24.8 Å². The zero-order chi connectivity index (χ0) is 16.9. The van der Waals surface area contributed by atoms with Gasteiger partial charge in [-0.15, -0.1) is 0 Å². The third-order valence-electron chi connectivity index (χ3n) is 4.71. The van der Waals surface area contributed by atoms with Gasteiger partial charge < -0.3 is 5.32 Å². The quantitative estimate of drug-likeness (QED) is 0.491. The van der Waals surface area contributed by atoms with Gasteiger partial charge in [0.25, 0.3) is 0 Å². The van der Waals surface area contributed by atoms with Crippen molar-refractivity contribution in [3.63, 3.8) is 0 Å². The molecule has 24 heavy (non-hydrogen) atoms. The summed E-state index contributed by atoms with van der Waals surface area (Å²) in [7, 11) is 0. The van der Waals surface area contributed by atoms with Crippen molar-refractivity contribution < 1.29 is 14.4 Å². The minimum Gasteiger partial charge on any atom is -0.355 e. The Labute approximate surface area is 141 Å². The summed E-state index contributed by atoms with van der Waals surface area (Å²) in [6.07, 6.45) is 6.80. The summed E-state index contributed by atoms with van der Waals surface area (Å²) < 4.78 is 0. The lowest BCUT2D eigenvalue weighted by atomic mass is 9.85. The van der Waals surface area contributed by atoms with Gasteiger partial charge in [0.05, 0.1) is 11.8 Å². The number of imide groups is 1. The van der Waals surface area contributed by atoms with E-state index in [0.29, 0.717) is 19.4 Å². The number of rotatable bonds is 6. The van der Waals surface area contributed by atoms with Gasteiger partial charge in [-0.1, -0.05) is 42.5 Å². The van der Waals surface area contributed by atoms with Crippen molar-refractivity contribution in [2.75, 3.05) is 13.1 Å². The molecule has 0 radical (unpaired) electrons. The van der Waals surface area contributed by atoms with Crippen molar-refractivity contribution in [2.45, 2.75) is 25.7 Å². The Morgan fingerprint density at radius 2 is 1.67 bits per heavy atom. The van der Waals surface area contributed by atoms with E-state index in [2.05, 4.69) is 17.4 Å². The molecule has 5 heteroatoms. The third kappa shape index (κ3) is 3.55. The van der Waals surface area contributed by atoms with Crippen LogP contribution in [0.3, 0.4) is 0 Å². The summed E-state index contributed by atoms with van der Waals surface area (Å²) in [6, 6.07) is 10.1. The second kappa shape index (κ2) is 7.43. The molecule has 1 aromatic rings. The van der Waals surface area contributed by atoms with Crippen molar-refractivity contribution >= 4 is 17.7 Å². The maximum Gasteiger partial charge on any atom is 0.240 e. The summed E-state index contributed by atoms with van der Waals surface area (Å²) in [5.74, 6) is -1.21. The molecule has 126 valence electrons. The number of amides is 3. The van der Waals surface area contributed by atoms with Gasteiger partial charge in [-0.2, -0.15) is 0 Å². The molecule has 3 amide bonds. The molecule has 0 aromatic heterocycles. The molecule has 1 heterocycles. The van der Waals surface area contributed by atoms with Gasteiger partial charge in [0.1, 0.15) is 6.54 Å². The predicted molar refractivity (Wildman–Crippen MR) is 89.8 cm³/mol. The average molecular weight is 326 g/mol. The Bertz CT molecular complexity index is 628. The van der Waals surface area contributed by atoms with E-state index in [1.165, 1.54) is 5.56 Å². The number of hydrogen-bond acceptors (Lipinski definition) is 3. The van der Waals surface area contributed by atoms with Gasteiger partial charge in [-0.3, -0.25) is 19.3 Å². The smallest absolute Gasteiger partial charge is 0.240 e. The first-order valence-electron chi connectivity index (χ1n) is 8.47. The highest BCUT2D eigenvalue weighted by molar-refractivity contribution is 6.07. The fourth-order valence-electron chi connectivity index (χ4n) is 3.39. The molecule has 2 aliphatic rings. The summed E-state index contributed by atoms with van der Waals surface area (Å²) in [4.78, 5) is 37.8. The minimum absolute atomic E-state index is 0.157. The van der Waals surface area contributed by atoms with E-state index in [4.69, 9.17) is 0 Å². The van der Waals surface area contributed by atoms with E-state index in [0.717, 1.165) is 17.7 Å². The van der Waals surface area contributed by atoms with Crippen molar-refractivity contribution in [2.24, 2.45) is 11.8 Å². The molecular weight excluding hydrogens is 304 g/mol. The zero-order valence-electron chi connectivity index (χ0n) is 13.6. The Hall–Kier alpha value is -2.43. The SMILES string of the molecule is O=C(CN1C(=O)C2CC=CCC2C1=O)NCCCc1ccccc1. The number of carbonyl (C=O) groups excluding carboxylic acids is 3. The lowest BCUT2D eigenvalue weighted by Gasteiger charge is -2.14. The van der Waals surface area contributed by atoms with Crippen molar-refractivity contribution in [1.29, 1.82) is 0 Å². The van der Waals surface area contributed by atoms with Crippen LogP contribution < -0.4 is 5.32 Å². The molecule has 1 aromatic carbocycles. The van der Waals surface area contributed by atoms with Gasteiger partial charge in [0.2, 0.25) is 17.7 Å². The monoisotopic (exact) mass is 326 g/mol. The summed E-state index contributed by atoms with van der Waals surface area (Å²) in [5.41, 5.74) is 1.23. The third-order valence-corrected chi connectivity index (χ3v) is 4.71. The van der Waals surface area contributed by atoms with Gasteiger partial charge in [-0.05, 0) is 31.2 Å². The predicted octanol–water partition coefficient (Wildman–Crippen LogP) is 1.69. The summed E-state index contributed by atoms with van der Waals surface area (Å²) in [5, 5.41) is 2.80. The Morgan fingerprint density at radius 1 is 1.04 bits per heavy atom. The van der Waals surface area contributed by atoms with Crippen molar-refractivity contribution in [1.82, 2.24) is 10.2 Å². The van der Waals surface area contributed by atoms with Crippen LogP contribution in [-0.2, 0) is 20.8 Å². The second-order valence-corrected chi connectivity index (χ2v) is 6.36. The number of allylic oxidation sites excluding steroid dienone is 2. The first kappa shape index (κ1) is 16.4. The average Bonchev–Trinajstić information content (AvgIpc) is 2.85. The Morgan fingerprint density at radius 3 is 2.29 bits per heavy atom. The van der Waals surface area contributed by atoms with E-state index in [9.17, 15) is 14.4 Å². The van der Waals surface area contributed by atoms with E-state index in [1.807, 2.05) is 30.4 Å². The number of benzene rings is 1. The molecule has 5 nitrogen and oxygen atoms in total. The Kier molecular flexibility index (Phi) is 5.08. The first-order chi connectivity index (χ1) is 11.7. The lowest BCUT2D eigenvalue weighted by molar-refractivity contribution is -0.143. The highest BCUT2D eigenvalue weighted by Gasteiger charge is 2.47. The second-order valence-electron chi connectivity index (χ2n) is 6.36. The highest BCUT2D eigenvalue weighted by Crippen LogP contribution is 2.34. The van der Waals surface area contributed by atoms with E-state index < -0.39 is 0 Å². The maximum atomic E-state index is 12.3. The number of nitrogens with zero attached hydrogens (tertiary/aromatic N) is 1.